The minimum atomic E-state index is -0.0803. The molecule has 1 fully saturated rings. The first-order valence-corrected chi connectivity index (χ1v) is 15.5. The molecule has 0 spiro atoms. The zero-order chi connectivity index (χ0) is 29.3. The van der Waals surface area contributed by atoms with Gasteiger partial charge in [-0.15, -0.1) is 0 Å². The Morgan fingerprint density at radius 3 is 2.33 bits per heavy atom. The SMILES string of the molecule is CC.CC.CSOCCCOc1ccc2c(C3CCN(C(=O)Nc4ccc(OC(C)C)cc4)CC3)ncnc2c1. The number of aromatic nitrogens is 2. The number of nitrogens with zero attached hydrogens (tertiary/aromatic N) is 3. The summed E-state index contributed by atoms with van der Waals surface area (Å²) in [5, 5.41) is 4.04. The van der Waals surface area contributed by atoms with Gasteiger partial charge < -0.3 is 23.9 Å². The molecule has 1 aliphatic heterocycles. The highest BCUT2D eigenvalue weighted by Crippen LogP contribution is 2.32. The number of piperidine rings is 1. The fraction of sp³-hybridized carbons (Fsp3) is 0.516. The van der Waals surface area contributed by atoms with Gasteiger partial charge in [-0.05, 0) is 75.1 Å². The fourth-order valence-corrected chi connectivity index (χ4v) is 4.60. The minimum Gasteiger partial charge on any atom is -0.493 e. The highest BCUT2D eigenvalue weighted by Gasteiger charge is 2.26. The molecular formula is C31H46N4O4S. The molecule has 0 aliphatic carbocycles. The predicted octanol–water partition coefficient (Wildman–Crippen LogP) is 7.94. The number of hydrogen-bond acceptors (Lipinski definition) is 7. The van der Waals surface area contributed by atoms with Gasteiger partial charge in [-0.3, -0.25) is 0 Å². The van der Waals surface area contributed by atoms with Crippen LogP contribution in [-0.2, 0) is 4.18 Å². The van der Waals surface area contributed by atoms with Crippen molar-refractivity contribution >= 4 is 34.7 Å². The van der Waals surface area contributed by atoms with E-state index in [4.69, 9.17) is 13.7 Å². The third-order valence-electron chi connectivity index (χ3n) is 6.04. The van der Waals surface area contributed by atoms with Gasteiger partial charge in [0.2, 0.25) is 0 Å². The monoisotopic (exact) mass is 570 g/mol. The first-order valence-electron chi connectivity index (χ1n) is 14.4. The van der Waals surface area contributed by atoms with Crippen LogP contribution < -0.4 is 14.8 Å². The Balaban J connectivity index is 0.00000134. The van der Waals surface area contributed by atoms with Crippen LogP contribution in [0.3, 0.4) is 0 Å². The van der Waals surface area contributed by atoms with E-state index in [1.165, 1.54) is 12.0 Å². The van der Waals surface area contributed by atoms with Gasteiger partial charge in [-0.1, -0.05) is 27.7 Å². The quantitative estimate of drug-likeness (QED) is 0.196. The van der Waals surface area contributed by atoms with Gasteiger partial charge in [0.15, 0.2) is 0 Å². The van der Waals surface area contributed by atoms with Crippen LogP contribution in [0.4, 0.5) is 10.5 Å². The van der Waals surface area contributed by atoms with Crippen molar-refractivity contribution in [3.8, 4) is 11.5 Å². The number of ether oxygens (including phenoxy) is 2. The molecule has 0 radical (unpaired) electrons. The minimum absolute atomic E-state index is 0.0803. The van der Waals surface area contributed by atoms with E-state index in [0.29, 0.717) is 26.3 Å². The number of carbonyl (C=O) groups is 1. The molecule has 1 N–H and O–H groups in total. The van der Waals surface area contributed by atoms with Gasteiger partial charge >= 0.3 is 6.03 Å². The molecule has 0 unspecified atom stereocenters. The molecule has 0 atom stereocenters. The van der Waals surface area contributed by atoms with Gasteiger partial charge in [0.1, 0.15) is 17.8 Å². The number of hydrogen-bond donors (Lipinski definition) is 1. The Hall–Kier alpha value is -3.04. The first kappa shape index (κ1) is 33.2. The molecule has 0 saturated carbocycles. The maximum Gasteiger partial charge on any atom is 0.321 e. The van der Waals surface area contributed by atoms with Crippen LogP contribution in [0.1, 0.15) is 72.4 Å². The van der Waals surface area contributed by atoms with E-state index in [1.807, 2.05) is 95.2 Å². The second kappa shape index (κ2) is 18.3. The van der Waals surface area contributed by atoms with E-state index in [9.17, 15) is 4.79 Å². The normalized spacial score (nSPS) is 13.2. The average Bonchev–Trinajstić information content (AvgIpc) is 2.99. The van der Waals surface area contributed by atoms with Gasteiger partial charge in [0.05, 0.1) is 30.5 Å². The second-order valence-corrected chi connectivity index (χ2v) is 9.58. The van der Waals surface area contributed by atoms with E-state index in [-0.39, 0.29) is 18.1 Å². The molecule has 8 nitrogen and oxygen atoms in total. The first-order chi connectivity index (χ1) is 19.5. The lowest BCUT2D eigenvalue weighted by Crippen LogP contribution is -2.40. The number of fused-ring (bicyclic) bond motifs is 1. The van der Waals surface area contributed by atoms with Gasteiger partial charge in [0, 0.05) is 48.8 Å². The number of anilines is 1. The van der Waals surface area contributed by atoms with Crippen molar-refractivity contribution in [2.45, 2.75) is 72.8 Å². The Kier molecular flexibility index (Phi) is 15.2. The summed E-state index contributed by atoms with van der Waals surface area (Å²) in [7, 11) is 0. The van der Waals surface area contributed by atoms with Crippen LogP contribution in [-0.4, -0.2) is 59.6 Å². The summed E-state index contributed by atoms with van der Waals surface area (Å²) in [6.45, 7) is 14.6. The molecule has 2 aromatic carbocycles. The summed E-state index contributed by atoms with van der Waals surface area (Å²) in [5.74, 6) is 1.87. The van der Waals surface area contributed by atoms with Crippen molar-refractivity contribution in [2.75, 3.05) is 37.9 Å². The zero-order valence-corrected chi connectivity index (χ0v) is 25.9. The molecule has 1 aromatic heterocycles. The van der Waals surface area contributed by atoms with Crippen LogP contribution in [0, 0.1) is 0 Å². The second-order valence-electron chi connectivity index (χ2n) is 9.01. The van der Waals surface area contributed by atoms with Crippen molar-refractivity contribution in [3.05, 3.63) is 54.5 Å². The number of likely N-dealkylation sites (tertiary alicyclic amines) is 1. The van der Waals surface area contributed by atoms with Crippen LogP contribution >= 0.6 is 12.0 Å². The van der Waals surface area contributed by atoms with E-state index < -0.39 is 0 Å². The van der Waals surface area contributed by atoms with E-state index >= 15 is 0 Å². The van der Waals surface area contributed by atoms with E-state index in [2.05, 4.69) is 15.3 Å². The third-order valence-corrected chi connectivity index (χ3v) is 6.45. The molecule has 3 aromatic rings. The zero-order valence-electron chi connectivity index (χ0n) is 25.1. The summed E-state index contributed by atoms with van der Waals surface area (Å²) in [6, 6.07) is 13.4. The maximum absolute atomic E-state index is 12.8. The van der Waals surface area contributed by atoms with Crippen LogP contribution in [0.25, 0.3) is 10.9 Å². The molecule has 220 valence electrons. The lowest BCUT2D eigenvalue weighted by atomic mass is 9.91. The highest BCUT2D eigenvalue weighted by atomic mass is 32.2. The topological polar surface area (TPSA) is 85.8 Å². The molecule has 1 aliphatic rings. The number of amides is 2. The van der Waals surface area contributed by atoms with Crippen molar-refractivity contribution in [1.29, 1.82) is 0 Å². The number of nitrogens with one attached hydrogen (secondary N) is 1. The molecule has 4 rings (SSSR count). The summed E-state index contributed by atoms with van der Waals surface area (Å²) in [4.78, 5) is 23.8. The standard InChI is InChI=1S/C27H34N4O4S.2C2H6/c1-19(2)35-22-7-5-21(6-8-22)30-27(32)31-13-11-20(12-14-31)26-24-10-9-23(17-25(24)28-18-29-26)33-15-4-16-34-36-3;2*1-2/h5-10,17-20H,4,11-16H2,1-3H3,(H,30,32);2*1-2H3. The smallest absolute Gasteiger partial charge is 0.321 e. The van der Waals surface area contributed by atoms with E-state index in [0.717, 1.165) is 53.0 Å². The fourth-order valence-electron chi connectivity index (χ4n) is 4.31. The summed E-state index contributed by atoms with van der Waals surface area (Å²) < 4.78 is 16.8. The molecule has 2 heterocycles. The number of benzene rings is 2. The number of carbonyl (C=O) groups excluding carboxylic acids is 1. The van der Waals surface area contributed by atoms with Gasteiger partial charge in [0.25, 0.3) is 0 Å². The predicted molar refractivity (Wildman–Crippen MR) is 167 cm³/mol. The molecule has 40 heavy (non-hydrogen) atoms. The van der Waals surface area contributed by atoms with Crippen LogP contribution in [0.15, 0.2) is 48.8 Å². The van der Waals surface area contributed by atoms with Gasteiger partial charge in [-0.2, -0.15) is 0 Å². The lowest BCUT2D eigenvalue weighted by molar-refractivity contribution is 0.194. The summed E-state index contributed by atoms with van der Waals surface area (Å²) >= 11 is 1.37. The largest absolute Gasteiger partial charge is 0.493 e. The van der Waals surface area contributed by atoms with Crippen molar-refractivity contribution in [2.24, 2.45) is 0 Å². The van der Waals surface area contributed by atoms with E-state index in [1.54, 1.807) is 6.33 Å². The Morgan fingerprint density at radius 1 is 1.00 bits per heavy atom. The molecular weight excluding hydrogens is 524 g/mol. The van der Waals surface area contributed by atoms with Crippen molar-refractivity contribution in [1.82, 2.24) is 14.9 Å². The van der Waals surface area contributed by atoms with Crippen LogP contribution in [0.5, 0.6) is 11.5 Å². The van der Waals surface area contributed by atoms with Crippen molar-refractivity contribution < 1.29 is 18.5 Å². The number of urea groups is 1. The van der Waals surface area contributed by atoms with Crippen LogP contribution in [0.2, 0.25) is 0 Å². The Labute approximate surface area is 244 Å². The summed E-state index contributed by atoms with van der Waals surface area (Å²) in [6.07, 6.45) is 6.19. The molecule has 0 bridgehead atoms. The maximum atomic E-state index is 12.8. The molecule has 1 saturated heterocycles. The summed E-state index contributed by atoms with van der Waals surface area (Å²) in [5.41, 5.74) is 2.68. The van der Waals surface area contributed by atoms with Gasteiger partial charge in [-0.25, -0.2) is 14.8 Å². The Morgan fingerprint density at radius 2 is 1.68 bits per heavy atom. The highest BCUT2D eigenvalue weighted by molar-refractivity contribution is 7.93. The third kappa shape index (κ3) is 10.2. The number of rotatable bonds is 10. The van der Waals surface area contributed by atoms with Crippen molar-refractivity contribution in [3.63, 3.8) is 0 Å². The Bertz CT molecular complexity index is 1140. The lowest BCUT2D eigenvalue weighted by Gasteiger charge is -2.32. The molecule has 2 amide bonds. The molecule has 9 heteroatoms. The average molecular weight is 571 g/mol.